The van der Waals surface area contributed by atoms with Crippen LogP contribution in [0.4, 0.5) is 0 Å². The van der Waals surface area contributed by atoms with Gasteiger partial charge in [-0.05, 0) is 25.0 Å². The van der Waals surface area contributed by atoms with Gasteiger partial charge in [-0.1, -0.05) is 25.7 Å². The Bertz CT molecular complexity index is 340. The van der Waals surface area contributed by atoms with Crippen molar-refractivity contribution in [1.82, 2.24) is 9.88 Å². The summed E-state index contributed by atoms with van der Waals surface area (Å²) in [6.45, 7) is 1.79. The molecule has 1 amide bonds. The smallest absolute Gasteiger partial charge is 0.255 e. The monoisotopic (exact) mass is 232 g/mol. The van der Waals surface area contributed by atoms with Crippen LogP contribution >= 0.6 is 0 Å². The molecule has 0 N–H and O–H groups in total. The first-order valence-electron chi connectivity index (χ1n) is 6.57. The van der Waals surface area contributed by atoms with Gasteiger partial charge in [0, 0.05) is 25.5 Å². The lowest BCUT2D eigenvalue weighted by atomic mass is 10.1. The van der Waals surface area contributed by atoms with Crippen molar-refractivity contribution in [2.24, 2.45) is 0 Å². The van der Waals surface area contributed by atoms with Gasteiger partial charge in [-0.15, -0.1) is 0 Å². The molecule has 3 heteroatoms. The molecule has 0 unspecified atom stereocenters. The molecule has 0 aliphatic carbocycles. The van der Waals surface area contributed by atoms with Gasteiger partial charge >= 0.3 is 0 Å². The van der Waals surface area contributed by atoms with Crippen molar-refractivity contribution >= 4 is 5.91 Å². The molecule has 1 aromatic heterocycles. The van der Waals surface area contributed by atoms with E-state index in [1.54, 1.807) is 12.4 Å². The van der Waals surface area contributed by atoms with Crippen LogP contribution in [0.25, 0.3) is 0 Å². The molecule has 1 aromatic rings. The van der Waals surface area contributed by atoms with Crippen LogP contribution in [0.15, 0.2) is 24.5 Å². The number of rotatable bonds is 1. The number of carbonyl (C=O) groups excluding carboxylic acids is 1. The molecule has 2 heterocycles. The predicted molar refractivity (Wildman–Crippen MR) is 67.8 cm³/mol. The number of aromatic nitrogens is 1. The molecular formula is C14H20N2O. The van der Waals surface area contributed by atoms with Crippen LogP contribution in [-0.4, -0.2) is 28.9 Å². The lowest BCUT2D eigenvalue weighted by Crippen LogP contribution is -2.32. The summed E-state index contributed by atoms with van der Waals surface area (Å²) in [4.78, 5) is 18.3. The molecule has 0 atom stereocenters. The Morgan fingerprint density at radius 2 is 1.71 bits per heavy atom. The zero-order valence-electron chi connectivity index (χ0n) is 10.3. The number of hydrogen-bond acceptors (Lipinski definition) is 2. The average Bonchev–Trinajstić information content (AvgIpc) is 2.52. The van der Waals surface area contributed by atoms with Crippen LogP contribution in [0, 0.1) is 0 Å². The van der Waals surface area contributed by atoms with E-state index in [4.69, 9.17) is 0 Å². The van der Waals surface area contributed by atoms with E-state index in [1.165, 1.54) is 25.7 Å². The molecule has 1 saturated heterocycles. The third kappa shape index (κ3) is 3.55. The highest BCUT2D eigenvalue weighted by Crippen LogP contribution is 2.13. The molecule has 0 bridgehead atoms. The summed E-state index contributed by atoms with van der Waals surface area (Å²) in [5.74, 6) is 0.139. The lowest BCUT2D eigenvalue weighted by Gasteiger charge is -2.21. The molecule has 1 aliphatic rings. The highest BCUT2D eigenvalue weighted by atomic mass is 16.2. The zero-order chi connectivity index (χ0) is 11.9. The van der Waals surface area contributed by atoms with Gasteiger partial charge in [0.05, 0.1) is 5.56 Å². The maximum absolute atomic E-state index is 12.3. The number of amides is 1. The Kier molecular flexibility index (Phi) is 4.54. The lowest BCUT2D eigenvalue weighted by molar-refractivity contribution is 0.0752. The number of pyridine rings is 1. The molecule has 0 spiro atoms. The molecule has 92 valence electrons. The minimum atomic E-state index is 0.139. The van der Waals surface area contributed by atoms with E-state index in [-0.39, 0.29) is 5.91 Å². The van der Waals surface area contributed by atoms with Gasteiger partial charge < -0.3 is 4.90 Å². The summed E-state index contributed by atoms with van der Waals surface area (Å²) in [6, 6.07) is 3.67. The van der Waals surface area contributed by atoms with Crippen LogP contribution in [0.1, 0.15) is 48.9 Å². The summed E-state index contributed by atoms with van der Waals surface area (Å²) in [6.07, 6.45) is 10.7. The van der Waals surface area contributed by atoms with Crippen molar-refractivity contribution in [3.05, 3.63) is 30.1 Å². The molecule has 1 aliphatic heterocycles. The standard InChI is InChI=1S/C14H20N2O/c17-14(13-8-7-9-15-12-13)16-10-5-3-1-2-4-6-11-16/h7-9,12H,1-6,10-11H2. The Morgan fingerprint density at radius 1 is 1.06 bits per heavy atom. The molecule has 2 rings (SSSR count). The van der Waals surface area contributed by atoms with Gasteiger partial charge in [-0.25, -0.2) is 0 Å². The van der Waals surface area contributed by atoms with Crippen molar-refractivity contribution in [3.63, 3.8) is 0 Å². The second-order valence-corrected chi connectivity index (χ2v) is 4.66. The highest BCUT2D eigenvalue weighted by Gasteiger charge is 2.15. The van der Waals surface area contributed by atoms with E-state index in [9.17, 15) is 4.79 Å². The normalized spacial score (nSPS) is 18.0. The van der Waals surface area contributed by atoms with Crippen molar-refractivity contribution < 1.29 is 4.79 Å². The van der Waals surface area contributed by atoms with E-state index in [0.29, 0.717) is 5.56 Å². The first-order chi connectivity index (χ1) is 8.38. The van der Waals surface area contributed by atoms with Crippen molar-refractivity contribution in [1.29, 1.82) is 0 Å². The first kappa shape index (κ1) is 12.1. The average molecular weight is 232 g/mol. The van der Waals surface area contributed by atoms with Crippen LogP contribution in [0.5, 0.6) is 0 Å². The topological polar surface area (TPSA) is 33.2 Å². The van der Waals surface area contributed by atoms with E-state index in [1.807, 2.05) is 17.0 Å². The Morgan fingerprint density at radius 3 is 2.29 bits per heavy atom. The van der Waals surface area contributed by atoms with Crippen molar-refractivity contribution in [3.8, 4) is 0 Å². The summed E-state index contributed by atoms with van der Waals surface area (Å²) >= 11 is 0. The quantitative estimate of drug-likeness (QED) is 0.746. The SMILES string of the molecule is O=C(c1cccnc1)N1CCCCCCCC1. The Balaban J connectivity index is 2.01. The maximum atomic E-state index is 12.3. The van der Waals surface area contributed by atoms with Gasteiger partial charge in [0.2, 0.25) is 0 Å². The molecule has 0 radical (unpaired) electrons. The largest absolute Gasteiger partial charge is 0.339 e. The number of carbonyl (C=O) groups is 1. The van der Waals surface area contributed by atoms with Gasteiger partial charge in [-0.2, -0.15) is 0 Å². The number of hydrogen-bond donors (Lipinski definition) is 0. The van der Waals surface area contributed by atoms with E-state index in [2.05, 4.69) is 4.98 Å². The van der Waals surface area contributed by atoms with Gasteiger partial charge in [0.25, 0.3) is 5.91 Å². The minimum absolute atomic E-state index is 0.139. The predicted octanol–water partition coefficient (Wildman–Crippen LogP) is 2.88. The van der Waals surface area contributed by atoms with Crippen molar-refractivity contribution in [2.75, 3.05) is 13.1 Å². The fourth-order valence-electron chi connectivity index (χ4n) is 2.30. The fourth-order valence-corrected chi connectivity index (χ4v) is 2.30. The molecule has 0 saturated carbocycles. The van der Waals surface area contributed by atoms with Crippen LogP contribution in [-0.2, 0) is 0 Å². The molecule has 3 nitrogen and oxygen atoms in total. The van der Waals surface area contributed by atoms with Gasteiger partial charge in [0.1, 0.15) is 0 Å². The highest BCUT2D eigenvalue weighted by molar-refractivity contribution is 5.93. The third-order valence-electron chi connectivity index (χ3n) is 3.30. The van der Waals surface area contributed by atoms with E-state index < -0.39 is 0 Å². The Labute approximate surface area is 103 Å². The Hall–Kier alpha value is -1.38. The summed E-state index contributed by atoms with van der Waals surface area (Å²) in [5, 5.41) is 0. The molecule has 1 fully saturated rings. The molecule has 0 aromatic carbocycles. The second kappa shape index (κ2) is 6.38. The van der Waals surface area contributed by atoms with E-state index >= 15 is 0 Å². The van der Waals surface area contributed by atoms with Crippen LogP contribution in [0.2, 0.25) is 0 Å². The van der Waals surface area contributed by atoms with Gasteiger partial charge in [0.15, 0.2) is 0 Å². The van der Waals surface area contributed by atoms with Crippen LogP contribution < -0.4 is 0 Å². The second-order valence-electron chi connectivity index (χ2n) is 4.66. The molecule has 17 heavy (non-hydrogen) atoms. The summed E-state index contributed by atoms with van der Waals surface area (Å²) < 4.78 is 0. The summed E-state index contributed by atoms with van der Waals surface area (Å²) in [5.41, 5.74) is 0.715. The number of nitrogens with zero attached hydrogens (tertiary/aromatic N) is 2. The van der Waals surface area contributed by atoms with Gasteiger partial charge in [-0.3, -0.25) is 9.78 Å². The zero-order valence-corrected chi connectivity index (χ0v) is 10.3. The maximum Gasteiger partial charge on any atom is 0.255 e. The fraction of sp³-hybridized carbons (Fsp3) is 0.571. The van der Waals surface area contributed by atoms with Crippen LogP contribution in [0.3, 0.4) is 0 Å². The first-order valence-corrected chi connectivity index (χ1v) is 6.57. The van der Waals surface area contributed by atoms with E-state index in [0.717, 1.165) is 25.9 Å². The summed E-state index contributed by atoms with van der Waals surface area (Å²) in [7, 11) is 0. The molecular weight excluding hydrogens is 212 g/mol. The minimum Gasteiger partial charge on any atom is -0.339 e. The third-order valence-corrected chi connectivity index (χ3v) is 3.30. The van der Waals surface area contributed by atoms with Crippen molar-refractivity contribution in [2.45, 2.75) is 38.5 Å².